The topological polar surface area (TPSA) is 58.2 Å². The fraction of sp³-hybridized carbons (Fsp3) is 0.529. The second-order valence-corrected chi connectivity index (χ2v) is 6.35. The summed E-state index contributed by atoms with van der Waals surface area (Å²) in [6.45, 7) is 0. The molecular formula is C17H22N2O2. The lowest BCUT2D eigenvalue weighted by molar-refractivity contribution is -0.117. The minimum Gasteiger partial charge on any atom is -0.355 e. The van der Waals surface area contributed by atoms with Crippen LogP contribution in [0.3, 0.4) is 0 Å². The van der Waals surface area contributed by atoms with E-state index < -0.39 is 0 Å². The van der Waals surface area contributed by atoms with E-state index >= 15 is 0 Å². The molecule has 1 aromatic carbocycles. The van der Waals surface area contributed by atoms with Gasteiger partial charge in [-0.3, -0.25) is 9.59 Å². The van der Waals surface area contributed by atoms with Crippen molar-refractivity contribution in [2.75, 3.05) is 12.4 Å². The number of hydrogen-bond acceptors (Lipinski definition) is 2. The minimum atomic E-state index is -0.140. The number of anilines is 1. The average Bonchev–Trinajstić information content (AvgIpc) is 3.09. The zero-order valence-electron chi connectivity index (χ0n) is 12.4. The Hall–Kier alpha value is -1.84. The second kappa shape index (κ2) is 5.88. The normalized spacial score (nSPS) is 26.6. The monoisotopic (exact) mass is 286 g/mol. The van der Waals surface area contributed by atoms with E-state index in [9.17, 15) is 9.59 Å². The maximum Gasteiger partial charge on any atom is 0.251 e. The Morgan fingerprint density at radius 3 is 2.76 bits per heavy atom. The van der Waals surface area contributed by atoms with Gasteiger partial charge in [-0.05, 0) is 55.2 Å². The van der Waals surface area contributed by atoms with Crippen LogP contribution < -0.4 is 10.6 Å². The highest BCUT2D eigenvalue weighted by Crippen LogP contribution is 2.49. The number of hydrogen-bond donors (Lipinski definition) is 2. The number of rotatable bonds is 4. The van der Waals surface area contributed by atoms with Crippen LogP contribution in [0.5, 0.6) is 0 Å². The Morgan fingerprint density at radius 1 is 1.24 bits per heavy atom. The molecule has 2 saturated carbocycles. The molecule has 21 heavy (non-hydrogen) atoms. The standard InChI is InChI=1S/C17H22N2O2/c1-18-17(21)13-3-2-4-15(9-13)19-16(20)10-14-8-11-5-6-12(14)7-11/h2-4,9,11-12,14H,5-8,10H2,1H3,(H,18,21)(H,19,20)/t11-,12-,14-/m0/s1. The minimum absolute atomic E-state index is 0.0709. The van der Waals surface area contributed by atoms with E-state index in [4.69, 9.17) is 0 Å². The van der Waals surface area contributed by atoms with Gasteiger partial charge < -0.3 is 10.6 Å². The predicted octanol–water partition coefficient (Wildman–Crippen LogP) is 2.81. The molecule has 3 atom stereocenters. The Labute approximate surface area is 125 Å². The lowest BCUT2D eigenvalue weighted by atomic mass is 9.86. The van der Waals surface area contributed by atoms with Crippen molar-refractivity contribution in [2.45, 2.75) is 32.1 Å². The van der Waals surface area contributed by atoms with Crippen molar-refractivity contribution in [3.63, 3.8) is 0 Å². The van der Waals surface area contributed by atoms with E-state index in [0.717, 1.165) is 11.8 Å². The molecule has 2 aliphatic rings. The van der Waals surface area contributed by atoms with Crippen molar-refractivity contribution in [1.29, 1.82) is 0 Å². The van der Waals surface area contributed by atoms with Crippen molar-refractivity contribution in [3.8, 4) is 0 Å². The molecule has 2 aliphatic carbocycles. The maximum absolute atomic E-state index is 12.2. The molecule has 0 aromatic heterocycles. The summed E-state index contributed by atoms with van der Waals surface area (Å²) < 4.78 is 0. The molecule has 4 nitrogen and oxygen atoms in total. The molecule has 2 bridgehead atoms. The molecule has 2 N–H and O–H groups in total. The van der Waals surface area contributed by atoms with E-state index in [1.165, 1.54) is 25.7 Å². The van der Waals surface area contributed by atoms with E-state index in [1.807, 2.05) is 6.07 Å². The van der Waals surface area contributed by atoms with Gasteiger partial charge in [0.05, 0.1) is 0 Å². The highest BCUT2D eigenvalue weighted by molar-refractivity contribution is 5.97. The SMILES string of the molecule is CNC(=O)c1cccc(NC(=O)C[C@@H]2C[C@H]3CC[C@H]2C3)c1. The zero-order valence-corrected chi connectivity index (χ0v) is 12.4. The summed E-state index contributed by atoms with van der Waals surface area (Å²) in [5.41, 5.74) is 1.26. The van der Waals surface area contributed by atoms with Crippen LogP contribution in [0, 0.1) is 17.8 Å². The zero-order chi connectivity index (χ0) is 14.8. The molecule has 1 aromatic rings. The van der Waals surface area contributed by atoms with Gasteiger partial charge in [-0.2, -0.15) is 0 Å². The number of nitrogens with one attached hydrogen (secondary N) is 2. The largest absolute Gasteiger partial charge is 0.355 e. The van der Waals surface area contributed by atoms with Crippen molar-refractivity contribution in [1.82, 2.24) is 5.32 Å². The summed E-state index contributed by atoms with van der Waals surface area (Å²) in [5.74, 6) is 2.12. The lowest BCUT2D eigenvalue weighted by Gasteiger charge is -2.20. The summed E-state index contributed by atoms with van der Waals surface area (Å²) in [6, 6.07) is 7.07. The summed E-state index contributed by atoms with van der Waals surface area (Å²) in [4.78, 5) is 23.8. The van der Waals surface area contributed by atoms with E-state index in [-0.39, 0.29) is 11.8 Å². The second-order valence-electron chi connectivity index (χ2n) is 6.35. The molecule has 2 amide bonds. The van der Waals surface area contributed by atoms with Gasteiger partial charge in [-0.15, -0.1) is 0 Å². The predicted molar refractivity (Wildman–Crippen MR) is 82.0 cm³/mol. The average molecular weight is 286 g/mol. The molecule has 112 valence electrons. The van der Waals surface area contributed by atoms with Gasteiger partial charge >= 0.3 is 0 Å². The van der Waals surface area contributed by atoms with Gasteiger partial charge in [0.2, 0.25) is 5.91 Å². The van der Waals surface area contributed by atoms with Gasteiger partial charge in [-0.1, -0.05) is 12.5 Å². The number of amides is 2. The van der Waals surface area contributed by atoms with Gasteiger partial charge in [0, 0.05) is 24.7 Å². The number of carbonyl (C=O) groups excluding carboxylic acids is 2. The van der Waals surface area contributed by atoms with Crippen LogP contribution in [0.4, 0.5) is 5.69 Å². The Balaban J connectivity index is 1.58. The van der Waals surface area contributed by atoms with Crippen molar-refractivity contribution < 1.29 is 9.59 Å². The quantitative estimate of drug-likeness (QED) is 0.894. The first-order valence-electron chi connectivity index (χ1n) is 7.77. The summed E-state index contributed by atoms with van der Waals surface area (Å²) in [5, 5.41) is 5.52. The van der Waals surface area contributed by atoms with Crippen LogP contribution in [0.15, 0.2) is 24.3 Å². The lowest BCUT2D eigenvalue weighted by Crippen LogP contribution is -2.21. The molecule has 0 saturated heterocycles. The van der Waals surface area contributed by atoms with Crippen molar-refractivity contribution >= 4 is 17.5 Å². The third kappa shape index (κ3) is 3.09. The summed E-state index contributed by atoms with van der Waals surface area (Å²) in [6.07, 6.45) is 5.82. The van der Waals surface area contributed by atoms with E-state index in [0.29, 0.717) is 23.6 Å². The van der Waals surface area contributed by atoms with E-state index in [1.54, 1.807) is 25.2 Å². The molecule has 0 heterocycles. The van der Waals surface area contributed by atoms with Gasteiger partial charge in [0.15, 0.2) is 0 Å². The smallest absolute Gasteiger partial charge is 0.251 e. The first-order valence-corrected chi connectivity index (χ1v) is 7.77. The van der Waals surface area contributed by atoms with Gasteiger partial charge in [-0.25, -0.2) is 0 Å². The molecule has 3 rings (SSSR count). The highest BCUT2D eigenvalue weighted by Gasteiger charge is 2.40. The van der Waals surface area contributed by atoms with Gasteiger partial charge in [0.1, 0.15) is 0 Å². The summed E-state index contributed by atoms with van der Waals surface area (Å²) >= 11 is 0. The molecule has 0 spiro atoms. The van der Waals surface area contributed by atoms with Crippen molar-refractivity contribution in [2.24, 2.45) is 17.8 Å². The Bertz CT molecular complexity index is 555. The van der Waals surface area contributed by atoms with Crippen LogP contribution in [-0.4, -0.2) is 18.9 Å². The highest BCUT2D eigenvalue weighted by atomic mass is 16.2. The maximum atomic E-state index is 12.2. The van der Waals surface area contributed by atoms with Crippen LogP contribution in [0.1, 0.15) is 42.5 Å². The molecule has 0 aliphatic heterocycles. The van der Waals surface area contributed by atoms with Crippen LogP contribution in [0.2, 0.25) is 0 Å². The number of benzene rings is 1. The first-order chi connectivity index (χ1) is 10.2. The summed E-state index contributed by atoms with van der Waals surface area (Å²) in [7, 11) is 1.60. The Morgan fingerprint density at radius 2 is 2.10 bits per heavy atom. The fourth-order valence-corrected chi connectivity index (χ4v) is 3.96. The molecule has 0 unspecified atom stereocenters. The van der Waals surface area contributed by atoms with Crippen LogP contribution in [0.25, 0.3) is 0 Å². The van der Waals surface area contributed by atoms with Crippen LogP contribution in [-0.2, 0) is 4.79 Å². The fourth-order valence-electron chi connectivity index (χ4n) is 3.96. The molecular weight excluding hydrogens is 264 g/mol. The third-order valence-corrected chi connectivity index (χ3v) is 4.97. The number of carbonyl (C=O) groups is 2. The molecule has 0 radical (unpaired) electrons. The molecule has 2 fully saturated rings. The van der Waals surface area contributed by atoms with Crippen molar-refractivity contribution in [3.05, 3.63) is 29.8 Å². The van der Waals surface area contributed by atoms with Gasteiger partial charge in [0.25, 0.3) is 5.91 Å². The van der Waals surface area contributed by atoms with Crippen LogP contribution >= 0.6 is 0 Å². The van der Waals surface area contributed by atoms with E-state index in [2.05, 4.69) is 10.6 Å². The molecule has 4 heteroatoms. The number of fused-ring (bicyclic) bond motifs is 2. The first kappa shape index (κ1) is 14.1. The third-order valence-electron chi connectivity index (χ3n) is 4.97. The Kier molecular flexibility index (Phi) is 3.95.